The number of amides is 2. The Balaban J connectivity index is 1.65. The third kappa shape index (κ3) is 3.30. The summed E-state index contributed by atoms with van der Waals surface area (Å²) in [6, 6.07) is 0.309. The number of nitrogens with zero attached hydrogens (tertiary/aromatic N) is 4. The second kappa shape index (κ2) is 4.69. The Morgan fingerprint density at radius 2 is 2.19 bits per heavy atom. The van der Waals surface area contributed by atoms with Crippen LogP contribution in [0.3, 0.4) is 0 Å². The number of tetrazole rings is 1. The lowest BCUT2D eigenvalue weighted by molar-refractivity contribution is -0.126. The number of carbonyl (C=O) groups excluding carboxylic acids is 2. The van der Waals surface area contributed by atoms with Crippen LogP contribution in [0.1, 0.15) is 12.8 Å². The molecule has 1 aromatic rings. The third-order valence-corrected chi connectivity index (χ3v) is 2.09. The molecule has 1 aromatic heterocycles. The summed E-state index contributed by atoms with van der Waals surface area (Å²) in [5.74, 6) is -0.453. The lowest BCUT2D eigenvalue weighted by atomic mass is 10.5. The van der Waals surface area contributed by atoms with Gasteiger partial charge in [0.2, 0.25) is 11.8 Å². The Morgan fingerprint density at radius 3 is 2.81 bits per heavy atom. The lowest BCUT2D eigenvalue weighted by Crippen LogP contribution is -2.39. The van der Waals surface area contributed by atoms with E-state index in [0.717, 1.165) is 12.8 Å². The van der Waals surface area contributed by atoms with Crippen LogP contribution in [-0.4, -0.2) is 44.6 Å². The minimum absolute atomic E-state index is 0.00252. The van der Waals surface area contributed by atoms with Gasteiger partial charge in [-0.05, 0) is 23.3 Å². The van der Waals surface area contributed by atoms with E-state index in [9.17, 15) is 9.59 Å². The summed E-state index contributed by atoms with van der Waals surface area (Å²) in [4.78, 5) is 22.5. The predicted molar refractivity (Wildman–Crippen MR) is 52.0 cm³/mol. The summed E-state index contributed by atoms with van der Waals surface area (Å²) < 4.78 is 1.29. The first-order valence-corrected chi connectivity index (χ1v) is 5.01. The van der Waals surface area contributed by atoms with E-state index < -0.39 is 0 Å². The molecular formula is C8H12N6O2. The van der Waals surface area contributed by atoms with Crippen molar-refractivity contribution < 1.29 is 9.59 Å². The number of nitrogens with one attached hydrogen (secondary N) is 2. The maximum atomic E-state index is 11.3. The molecule has 1 saturated carbocycles. The van der Waals surface area contributed by atoms with E-state index in [1.54, 1.807) is 0 Å². The third-order valence-electron chi connectivity index (χ3n) is 2.09. The zero-order valence-corrected chi connectivity index (χ0v) is 8.59. The molecule has 1 fully saturated rings. The second-order valence-electron chi connectivity index (χ2n) is 3.63. The number of aromatic nitrogens is 4. The van der Waals surface area contributed by atoms with Gasteiger partial charge in [0, 0.05) is 6.04 Å². The van der Waals surface area contributed by atoms with Gasteiger partial charge in [-0.2, -0.15) is 0 Å². The summed E-state index contributed by atoms with van der Waals surface area (Å²) in [6.45, 7) is 0.0150. The molecule has 0 radical (unpaired) electrons. The van der Waals surface area contributed by atoms with E-state index in [2.05, 4.69) is 26.2 Å². The highest BCUT2D eigenvalue weighted by Crippen LogP contribution is 2.18. The highest BCUT2D eigenvalue weighted by Gasteiger charge is 2.23. The average molecular weight is 224 g/mol. The number of hydrogen-bond acceptors (Lipinski definition) is 5. The lowest BCUT2D eigenvalue weighted by Gasteiger charge is -2.05. The largest absolute Gasteiger partial charge is 0.352 e. The minimum atomic E-state index is -0.293. The first-order valence-electron chi connectivity index (χ1n) is 5.01. The van der Waals surface area contributed by atoms with Crippen LogP contribution < -0.4 is 10.6 Å². The molecular weight excluding hydrogens is 212 g/mol. The first kappa shape index (κ1) is 10.5. The van der Waals surface area contributed by atoms with Crippen molar-refractivity contribution in [3.05, 3.63) is 6.33 Å². The van der Waals surface area contributed by atoms with E-state index in [4.69, 9.17) is 0 Å². The number of rotatable bonds is 5. The van der Waals surface area contributed by atoms with Crippen molar-refractivity contribution in [2.75, 3.05) is 6.54 Å². The molecule has 1 aliphatic rings. The Morgan fingerprint density at radius 1 is 1.38 bits per heavy atom. The van der Waals surface area contributed by atoms with Gasteiger partial charge >= 0.3 is 0 Å². The fourth-order valence-electron chi connectivity index (χ4n) is 1.14. The van der Waals surface area contributed by atoms with Gasteiger partial charge < -0.3 is 10.6 Å². The molecule has 0 saturated heterocycles. The van der Waals surface area contributed by atoms with Crippen LogP contribution in [0.5, 0.6) is 0 Å². The zero-order valence-electron chi connectivity index (χ0n) is 8.59. The highest BCUT2D eigenvalue weighted by molar-refractivity contribution is 5.84. The summed E-state index contributed by atoms with van der Waals surface area (Å²) in [5.41, 5.74) is 0. The molecule has 0 spiro atoms. The monoisotopic (exact) mass is 224 g/mol. The van der Waals surface area contributed by atoms with Crippen molar-refractivity contribution >= 4 is 11.8 Å². The quantitative estimate of drug-likeness (QED) is 0.606. The van der Waals surface area contributed by atoms with E-state index >= 15 is 0 Å². The van der Waals surface area contributed by atoms with Gasteiger partial charge in [0.15, 0.2) is 0 Å². The molecule has 8 heteroatoms. The summed E-state index contributed by atoms with van der Waals surface area (Å²) in [7, 11) is 0. The van der Waals surface area contributed by atoms with Gasteiger partial charge in [-0.25, -0.2) is 4.68 Å². The minimum Gasteiger partial charge on any atom is -0.352 e. The highest BCUT2D eigenvalue weighted by atomic mass is 16.2. The molecule has 86 valence electrons. The van der Waals surface area contributed by atoms with Crippen LogP contribution in [0, 0.1) is 0 Å². The molecule has 0 unspecified atom stereocenters. The fraction of sp³-hybridized carbons (Fsp3) is 0.625. The Kier molecular flexibility index (Phi) is 3.08. The van der Waals surface area contributed by atoms with E-state index in [-0.39, 0.29) is 24.9 Å². The number of carbonyl (C=O) groups is 2. The van der Waals surface area contributed by atoms with Crippen molar-refractivity contribution in [2.24, 2.45) is 0 Å². The van der Waals surface area contributed by atoms with Gasteiger partial charge in [-0.15, -0.1) is 5.10 Å². The zero-order chi connectivity index (χ0) is 11.4. The molecule has 0 aromatic carbocycles. The van der Waals surface area contributed by atoms with Crippen molar-refractivity contribution in [2.45, 2.75) is 25.4 Å². The Bertz CT molecular complexity index is 372. The van der Waals surface area contributed by atoms with Crippen molar-refractivity contribution in [1.82, 2.24) is 30.8 Å². The SMILES string of the molecule is O=C(Cn1cnnn1)NCC(=O)NC1CC1. The Labute approximate surface area is 91.4 Å². The summed E-state index contributed by atoms with van der Waals surface area (Å²) in [5, 5.41) is 15.6. The number of hydrogen-bond donors (Lipinski definition) is 2. The van der Waals surface area contributed by atoms with Crippen molar-refractivity contribution in [3.63, 3.8) is 0 Å². The van der Waals surface area contributed by atoms with Gasteiger partial charge in [0.1, 0.15) is 12.9 Å². The van der Waals surface area contributed by atoms with E-state index in [1.165, 1.54) is 11.0 Å². The van der Waals surface area contributed by atoms with E-state index in [0.29, 0.717) is 6.04 Å². The van der Waals surface area contributed by atoms with E-state index in [1.807, 2.05) is 0 Å². The molecule has 0 bridgehead atoms. The van der Waals surface area contributed by atoms with Crippen LogP contribution in [-0.2, 0) is 16.1 Å². The average Bonchev–Trinajstić information content (AvgIpc) is 2.91. The second-order valence-corrected chi connectivity index (χ2v) is 3.63. The van der Waals surface area contributed by atoms with Crippen LogP contribution in [0.2, 0.25) is 0 Å². The molecule has 2 N–H and O–H groups in total. The molecule has 2 rings (SSSR count). The maximum Gasteiger partial charge on any atom is 0.242 e. The van der Waals surface area contributed by atoms with Gasteiger partial charge in [0.25, 0.3) is 0 Å². The van der Waals surface area contributed by atoms with Crippen LogP contribution in [0.15, 0.2) is 6.33 Å². The van der Waals surface area contributed by atoms with Crippen LogP contribution >= 0.6 is 0 Å². The van der Waals surface area contributed by atoms with Gasteiger partial charge in [0.05, 0.1) is 6.54 Å². The summed E-state index contributed by atoms with van der Waals surface area (Å²) >= 11 is 0. The fourth-order valence-corrected chi connectivity index (χ4v) is 1.14. The Hall–Kier alpha value is -1.99. The molecule has 2 amide bonds. The molecule has 0 aliphatic heterocycles. The molecule has 1 heterocycles. The molecule has 0 atom stereocenters. The van der Waals surface area contributed by atoms with Crippen molar-refractivity contribution in [3.8, 4) is 0 Å². The summed E-state index contributed by atoms with van der Waals surface area (Å²) in [6.07, 6.45) is 3.40. The normalized spacial score (nSPS) is 14.5. The molecule has 8 nitrogen and oxygen atoms in total. The predicted octanol–water partition coefficient (Wildman–Crippen LogP) is -1.93. The van der Waals surface area contributed by atoms with Crippen LogP contribution in [0.25, 0.3) is 0 Å². The van der Waals surface area contributed by atoms with Gasteiger partial charge in [-0.3, -0.25) is 9.59 Å². The van der Waals surface area contributed by atoms with Crippen LogP contribution in [0.4, 0.5) is 0 Å². The first-order chi connectivity index (χ1) is 7.74. The molecule has 1 aliphatic carbocycles. The smallest absolute Gasteiger partial charge is 0.242 e. The standard InChI is InChI=1S/C8H12N6O2/c15-7(11-6-1-2-6)3-9-8(16)4-14-5-10-12-13-14/h5-6H,1-4H2,(H,9,16)(H,11,15). The van der Waals surface area contributed by atoms with Gasteiger partial charge in [-0.1, -0.05) is 0 Å². The maximum absolute atomic E-state index is 11.3. The molecule has 16 heavy (non-hydrogen) atoms. The topological polar surface area (TPSA) is 102 Å². The van der Waals surface area contributed by atoms with Crippen molar-refractivity contribution in [1.29, 1.82) is 0 Å².